The van der Waals surface area contributed by atoms with E-state index in [9.17, 15) is 28.2 Å². The van der Waals surface area contributed by atoms with Gasteiger partial charge in [0.2, 0.25) is 5.95 Å². The molecule has 0 fully saturated rings. The molecule has 1 unspecified atom stereocenters. The molecule has 28 heavy (non-hydrogen) atoms. The molecule has 2 aromatic heterocycles. The van der Waals surface area contributed by atoms with Gasteiger partial charge in [-0.3, -0.25) is 14.3 Å². The number of fused-ring (bicyclic) bond motifs is 1. The Balaban J connectivity index is 2.26. The van der Waals surface area contributed by atoms with Crippen molar-refractivity contribution in [3.63, 3.8) is 0 Å². The van der Waals surface area contributed by atoms with Crippen LogP contribution in [0.2, 0.25) is 5.15 Å². The maximum Gasteiger partial charge on any atom is 0.416 e. The molecular weight excluding hydrogens is 401 g/mol. The molecule has 0 amide bonds. The monoisotopic (exact) mass is 414 g/mol. The Bertz CT molecular complexity index is 1070. The number of pyridine rings is 1. The predicted octanol–water partition coefficient (Wildman–Crippen LogP) is 2.55. The van der Waals surface area contributed by atoms with Crippen molar-refractivity contribution in [3.8, 4) is 5.69 Å². The van der Waals surface area contributed by atoms with Crippen LogP contribution in [0.4, 0.5) is 19.1 Å². The van der Waals surface area contributed by atoms with E-state index in [4.69, 9.17) is 11.6 Å². The van der Waals surface area contributed by atoms with E-state index in [-0.39, 0.29) is 27.8 Å². The summed E-state index contributed by atoms with van der Waals surface area (Å²) in [5.74, 6) is -0.152. The fourth-order valence-corrected chi connectivity index (χ4v) is 2.82. The summed E-state index contributed by atoms with van der Waals surface area (Å²) >= 11 is 6.16. The van der Waals surface area contributed by atoms with Crippen molar-refractivity contribution >= 4 is 28.6 Å². The average molecular weight is 415 g/mol. The van der Waals surface area contributed by atoms with E-state index in [2.05, 4.69) is 9.97 Å². The SMILES string of the molecule is CC(O)N(CO)c1nc(Cl)c2ccc(=O)n(-c3ccc(C(F)(F)F)cc3)c2n1. The van der Waals surface area contributed by atoms with Gasteiger partial charge in [-0.1, -0.05) is 11.6 Å². The van der Waals surface area contributed by atoms with Crippen molar-refractivity contribution in [3.05, 3.63) is 57.5 Å². The number of aromatic nitrogens is 3. The van der Waals surface area contributed by atoms with Crippen molar-refractivity contribution in [1.82, 2.24) is 14.5 Å². The topological polar surface area (TPSA) is 91.5 Å². The van der Waals surface area contributed by atoms with Crippen LogP contribution in [-0.2, 0) is 6.18 Å². The zero-order chi connectivity index (χ0) is 20.6. The third-order valence-electron chi connectivity index (χ3n) is 4.01. The number of alkyl halides is 3. The summed E-state index contributed by atoms with van der Waals surface area (Å²) < 4.78 is 39.5. The van der Waals surface area contributed by atoms with Crippen LogP contribution in [0.1, 0.15) is 12.5 Å². The molecule has 3 aromatic rings. The molecule has 2 N–H and O–H groups in total. The highest BCUT2D eigenvalue weighted by Crippen LogP contribution is 2.30. The summed E-state index contributed by atoms with van der Waals surface area (Å²) in [6.45, 7) is 0.739. The van der Waals surface area contributed by atoms with Gasteiger partial charge in [0.25, 0.3) is 5.56 Å². The molecule has 7 nitrogen and oxygen atoms in total. The maximum atomic E-state index is 12.8. The van der Waals surface area contributed by atoms with E-state index in [1.165, 1.54) is 19.1 Å². The quantitative estimate of drug-likeness (QED) is 0.503. The zero-order valence-corrected chi connectivity index (χ0v) is 15.1. The zero-order valence-electron chi connectivity index (χ0n) is 14.4. The summed E-state index contributed by atoms with van der Waals surface area (Å²) in [5, 5.41) is 19.4. The Hall–Kier alpha value is -2.69. The number of aliphatic hydroxyl groups is 2. The first-order valence-corrected chi connectivity index (χ1v) is 8.34. The molecule has 1 atom stereocenters. The first kappa shape index (κ1) is 20.1. The Kier molecular flexibility index (Phi) is 5.28. The van der Waals surface area contributed by atoms with E-state index in [1.807, 2.05) is 0 Å². The molecule has 11 heteroatoms. The molecule has 0 saturated heterocycles. The predicted molar refractivity (Wildman–Crippen MR) is 96.4 cm³/mol. The summed E-state index contributed by atoms with van der Waals surface area (Å²) in [6, 6.07) is 6.54. The lowest BCUT2D eigenvalue weighted by Gasteiger charge is -2.23. The normalized spacial score (nSPS) is 13.0. The highest BCUT2D eigenvalue weighted by atomic mass is 35.5. The van der Waals surface area contributed by atoms with Gasteiger partial charge < -0.3 is 10.2 Å². The van der Waals surface area contributed by atoms with Gasteiger partial charge in [0.1, 0.15) is 18.1 Å². The number of hydrogen-bond acceptors (Lipinski definition) is 6. The number of hydrogen-bond donors (Lipinski definition) is 2. The number of aliphatic hydroxyl groups excluding tert-OH is 2. The van der Waals surface area contributed by atoms with Gasteiger partial charge >= 0.3 is 6.18 Å². The van der Waals surface area contributed by atoms with Gasteiger partial charge in [-0.2, -0.15) is 18.2 Å². The van der Waals surface area contributed by atoms with E-state index >= 15 is 0 Å². The lowest BCUT2D eigenvalue weighted by Crippen LogP contribution is -2.35. The molecule has 148 valence electrons. The molecule has 0 bridgehead atoms. The van der Waals surface area contributed by atoms with Crippen molar-refractivity contribution in [2.75, 3.05) is 11.6 Å². The lowest BCUT2D eigenvalue weighted by molar-refractivity contribution is -0.137. The fourth-order valence-electron chi connectivity index (χ4n) is 2.59. The number of nitrogens with zero attached hydrogens (tertiary/aromatic N) is 4. The van der Waals surface area contributed by atoms with Crippen molar-refractivity contribution in [1.29, 1.82) is 0 Å². The first-order chi connectivity index (χ1) is 13.1. The molecule has 0 spiro atoms. The number of halogens is 4. The van der Waals surface area contributed by atoms with Crippen LogP contribution in [0.3, 0.4) is 0 Å². The Morgan fingerprint density at radius 2 is 1.82 bits per heavy atom. The van der Waals surface area contributed by atoms with E-state index in [1.54, 1.807) is 0 Å². The molecule has 1 aromatic carbocycles. The number of benzene rings is 1. The third-order valence-corrected chi connectivity index (χ3v) is 4.29. The van der Waals surface area contributed by atoms with Gasteiger partial charge in [-0.05, 0) is 37.3 Å². The van der Waals surface area contributed by atoms with Crippen LogP contribution >= 0.6 is 11.6 Å². The molecule has 0 aliphatic heterocycles. The fraction of sp³-hybridized carbons (Fsp3) is 0.235. The average Bonchev–Trinajstić information content (AvgIpc) is 2.61. The smallest absolute Gasteiger partial charge is 0.376 e. The molecule has 0 aliphatic rings. The summed E-state index contributed by atoms with van der Waals surface area (Å²) in [4.78, 5) is 21.6. The van der Waals surface area contributed by atoms with Crippen LogP contribution in [0.25, 0.3) is 16.7 Å². The number of rotatable bonds is 4. The van der Waals surface area contributed by atoms with Crippen LogP contribution < -0.4 is 10.5 Å². The minimum absolute atomic E-state index is 0.0151. The lowest BCUT2D eigenvalue weighted by atomic mass is 10.2. The Morgan fingerprint density at radius 1 is 1.18 bits per heavy atom. The maximum absolute atomic E-state index is 12.8. The van der Waals surface area contributed by atoms with Crippen molar-refractivity contribution in [2.45, 2.75) is 19.3 Å². The Labute approximate surface area is 161 Å². The van der Waals surface area contributed by atoms with Gasteiger partial charge in [0.15, 0.2) is 5.65 Å². The second-order valence-corrected chi connectivity index (χ2v) is 6.20. The van der Waals surface area contributed by atoms with Gasteiger partial charge in [-0.25, -0.2) is 4.98 Å². The molecular formula is C17H14ClF3N4O3. The van der Waals surface area contributed by atoms with Crippen molar-refractivity contribution < 1.29 is 23.4 Å². The van der Waals surface area contributed by atoms with Gasteiger partial charge in [-0.15, -0.1) is 0 Å². The largest absolute Gasteiger partial charge is 0.416 e. The number of anilines is 1. The van der Waals surface area contributed by atoms with Crippen molar-refractivity contribution in [2.24, 2.45) is 0 Å². The van der Waals surface area contributed by atoms with Gasteiger partial charge in [0, 0.05) is 6.07 Å². The second kappa shape index (κ2) is 7.38. The summed E-state index contributed by atoms with van der Waals surface area (Å²) in [6.07, 6.45) is -5.67. The summed E-state index contributed by atoms with van der Waals surface area (Å²) in [7, 11) is 0. The highest BCUT2D eigenvalue weighted by Gasteiger charge is 2.30. The minimum Gasteiger partial charge on any atom is -0.376 e. The molecule has 3 rings (SSSR count). The molecule has 0 aliphatic carbocycles. The molecule has 0 saturated carbocycles. The minimum atomic E-state index is -4.51. The van der Waals surface area contributed by atoms with E-state index in [0.717, 1.165) is 33.7 Å². The van der Waals surface area contributed by atoms with Crippen LogP contribution in [-0.4, -0.2) is 37.7 Å². The summed E-state index contributed by atoms with van der Waals surface area (Å²) in [5.41, 5.74) is -1.27. The third kappa shape index (κ3) is 3.66. The van der Waals surface area contributed by atoms with Crippen LogP contribution in [0.5, 0.6) is 0 Å². The molecule has 0 radical (unpaired) electrons. The highest BCUT2D eigenvalue weighted by molar-refractivity contribution is 6.34. The Morgan fingerprint density at radius 3 is 2.36 bits per heavy atom. The molecule has 2 heterocycles. The van der Waals surface area contributed by atoms with Crippen LogP contribution in [0, 0.1) is 0 Å². The van der Waals surface area contributed by atoms with Crippen LogP contribution in [0.15, 0.2) is 41.2 Å². The van der Waals surface area contributed by atoms with Gasteiger partial charge in [0.05, 0.1) is 16.6 Å². The second-order valence-electron chi connectivity index (χ2n) is 5.85. The van der Waals surface area contributed by atoms with E-state index in [0.29, 0.717) is 0 Å². The first-order valence-electron chi connectivity index (χ1n) is 7.96. The van der Waals surface area contributed by atoms with E-state index < -0.39 is 30.3 Å². The standard InChI is InChI=1S/C17H14ClF3N4O3/c1-9(27)24(8-26)16-22-14(18)12-6-7-13(28)25(15(12)23-16)11-4-2-10(3-5-11)17(19,20)21/h2-7,9,26-27H,8H2,1H3.